The van der Waals surface area contributed by atoms with Crippen LogP contribution in [0.2, 0.25) is 5.02 Å². The molecule has 0 radical (unpaired) electrons. The Bertz CT molecular complexity index is 514. The summed E-state index contributed by atoms with van der Waals surface area (Å²) in [5.74, 6) is -0.653. The highest BCUT2D eigenvalue weighted by Crippen LogP contribution is 2.19. The van der Waals surface area contributed by atoms with Gasteiger partial charge < -0.3 is 15.7 Å². The van der Waals surface area contributed by atoms with Crippen LogP contribution in [0.3, 0.4) is 0 Å². The van der Waals surface area contributed by atoms with E-state index in [1.54, 1.807) is 45.0 Å². The molecule has 21 heavy (non-hydrogen) atoms. The number of hydrogen-bond acceptors (Lipinski definition) is 3. The summed E-state index contributed by atoms with van der Waals surface area (Å²) in [6, 6.07) is 6.25. The summed E-state index contributed by atoms with van der Waals surface area (Å²) < 4.78 is 0. The van der Waals surface area contributed by atoms with Gasteiger partial charge in [-0.15, -0.1) is 0 Å². The minimum absolute atomic E-state index is 0.291. The number of aliphatic hydroxyl groups is 1. The van der Waals surface area contributed by atoms with E-state index in [1.807, 2.05) is 0 Å². The number of carbonyl (C=O) groups is 2. The van der Waals surface area contributed by atoms with Crippen molar-refractivity contribution in [3.8, 4) is 0 Å². The Morgan fingerprint density at radius 1 is 1.24 bits per heavy atom. The maximum Gasteiger partial charge on any atom is 0.245 e. The molecule has 1 aromatic carbocycles. The van der Waals surface area contributed by atoms with Crippen molar-refractivity contribution in [2.45, 2.75) is 45.4 Å². The maximum absolute atomic E-state index is 12.1. The topological polar surface area (TPSA) is 78.4 Å². The summed E-state index contributed by atoms with van der Waals surface area (Å²) >= 11 is 5.80. The minimum Gasteiger partial charge on any atom is -0.386 e. The molecule has 0 fully saturated rings. The molecule has 0 heterocycles. The van der Waals surface area contributed by atoms with Crippen molar-refractivity contribution in [2.24, 2.45) is 0 Å². The standard InChI is InChI=1S/C15H21ClN2O3/c1-9(13(20)11-5-7-12(16)8-6-11)17-14(21)15(3,4)18-10(2)19/h5-9,13,20H,1-4H3,(H,17,21)(H,18,19). The Balaban J connectivity index is 2.71. The van der Waals surface area contributed by atoms with E-state index in [-0.39, 0.29) is 11.8 Å². The van der Waals surface area contributed by atoms with Crippen molar-refractivity contribution >= 4 is 23.4 Å². The van der Waals surface area contributed by atoms with Gasteiger partial charge in [-0.25, -0.2) is 0 Å². The summed E-state index contributed by atoms with van der Waals surface area (Å²) in [6.45, 7) is 6.25. The molecule has 0 aliphatic carbocycles. The number of hydrogen-bond donors (Lipinski definition) is 3. The van der Waals surface area contributed by atoms with Crippen LogP contribution in [0.5, 0.6) is 0 Å². The molecule has 0 bridgehead atoms. The number of halogens is 1. The fourth-order valence-corrected chi connectivity index (χ4v) is 2.04. The lowest BCUT2D eigenvalue weighted by Gasteiger charge is -2.28. The molecule has 0 saturated heterocycles. The monoisotopic (exact) mass is 312 g/mol. The van der Waals surface area contributed by atoms with Gasteiger partial charge in [0.05, 0.1) is 12.1 Å². The van der Waals surface area contributed by atoms with Crippen LogP contribution >= 0.6 is 11.6 Å². The first-order chi connectivity index (χ1) is 9.63. The van der Waals surface area contributed by atoms with Crippen LogP contribution < -0.4 is 10.6 Å². The molecule has 2 unspecified atom stereocenters. The van der Waals surface area contributed by atoms with Crippen LogP contribution in [-0.2, 0) is 9.59 Å². The average Bonchev–Trinajstić information content (AvgIpc) is 2.37. The first-order valence-electron chi connectivity index (χ1n) is 6.66. The zero-order valence-electron chi connectivity index (χ0n) is 12.6. The van der Waals surface area contributed by atoms with Crippen molar-refractivity contribution < 1.29 is 14.7 Å². The normalized spacial score (nSPS) is 14.2. The molecule has 2 amide bonds. The van der Waals surface area contributed by atoms with Gasteiger partial charge in [0.2, 0.25) is 11.8 Å². The first kappa shape index (κ1) is 17.5. The maximum atomic E-state index is 12.1. The number of aliphatic hydroxyl groups excluding tert-OH is 1. The van der Waals surface area contributed by atoms with Gasteiger partial charge in [-0.3, -0.25) is 9.59 Å². The Morgan fingerprint density at radius 3 is 2.24 bits per heavy atom. The van der Waals surface area contributed by atoms with E-state index in [1.165, 1.54) is 6.92 Å². The SMILES string of the molecule is CC(=O)NC(C)(C)C(=O)NC(C)C(O)c1ccc(Cl)cc1. The molecule has 2 atom stereocenters. The van der Waals surface area contributed by atoms with Crippen molar-refractivity contribution in [1.29, 1.82) is 0 Å². The zero-order chi connectivity index (χ0) is 16.2. The van der Waals surface area contributed by atoms with E-state index in [2.05, 4.69) is 10.6 Å². The van der Waals surface area contributed by atoms with Gasteiger partial charge in [-0.2, -0.15) is 0 Å². The Hall–Kier alpha value is -1.59. The lowest BCUT2D eigenvalue weighted by molar-refractivity contribution is -0.132. The summed E-state index contributed by atoms with van der Waals surface area (Å²) in [5.41, 5.74) is -0.385. The Kier molecular flexibility index (Phi) is 5.75. The van der Waals surface area contributed by atoms with Crippen LogP contribution in [0.25, 0.3) is 0 Å². The van der Waals surface area contributed by atoms with E-state index in [9.17, 15) is 14.7 Å². The number of nitrogens with one attached hydrogen (secondary N) is 2. The number of amides is 2. The predicted molar refractivity (Wildman–Crippen MR) is 81.9 cm³/mol. The predicted octanol–water partition coefficient (Wildman–Crippen LogP) is 1.79. The zero-order valence-corrected chi connectivity index (χ0v) is 13.4. The molecule has 0 spiro atoms. The summed E-state index contributed by atoms with van der Waals surface area (Å²) in [5, 5.41) is 16.1. The van der Waals surface area contributed by atoms with Gasteiger partial charge in [-0.1, -0.05) is 23.7 Å². The third-order valence-electron chi connectivity index (χ3n) is 3.10. The highest BCUT2D eigenvalue weighted by atomic mass is 35.5. The van der Waals surface area contributed by atoms with Crippen molar-refractivity contribution in [3.05, 3.63) is 34.9 Å². The third-order valence-corrected chi connectivity index (χ3v) is 3.35. The number of carbonyl (C=O) groups excluding carboxylic acids is 2. The average molecular weight is 313 g/mol. The van der Waals surface area contributed by atoms with Crippen LogP contribution in [0.4, 0.5) is 0 Å². The molecule has 116 valence electrons. The highest BCUT2D eigenvalue weighted by molar-refractivity contribution is 6.30. The molecular formula is C15H21ClN2O3. The molecule has 1 rings (SSSR count). The molecule has 0 aliphatic rings. The summed E-state index contributed by atoms with van der Waals surface area (Å²) in [7, 11) is 0. The number of benzene rings is 1. The van der Waals surface area contributed by atoms with Crippen molar-refractivity contribution in [2.75, 3.05) is 0 Å². The van der Waals surface area contributed by atoms with Crippen LogP contribution in [-0.4, -0.2) is 28.5 Å². The lowest BCUT2D eigenvalue weighted by Crippen LogP contribution is -2.56. The fourth-order valence-electron chi connectivity index (χ4n) is 1.91. The second kappa shape index (κ2) is 6.91. The van der Waals surface area contributed by atoms with E-state index < -0.39 is 17.7 Å². The highest BCUT2D eigenvalue weighted by Gasteiger charge is 2.30. The summed E-state index contributed by atoms with van der Waals surface area (Å²) in [4.78, 5) is 23.2. The van der Waals surface area contributed by atoms with Gasteiger partial charge in [0, 0.05) is 11.9 Å². The third kappa shape index (κ3) is 5.02. The van der Waals surface area contributed by atoms with E-state index in [0.717, 1.165) is 0 Å². The molecule has 0 saturated carbocycles. The number of rotatable bonds is 5. The second-order valence-electron chi connectivity index (χ2n) is 5.56. The molecule has 3 N–H and O–H groups in total. The quantitative estimate of drug-likeness (QED) is 0.775. The van der Waals surface area contributed by atoms with Gasteiger partial charge in [-0.05, 0) is 38.5 Å². The largest absolute Gasteiger partial charge is 0.386 e. The summed E-state index contributed by atoms with van der Waals surface area (Å²) in [6.07, 6.45) is -0.862. The molecule has 0 aromatic heterocycles. The molecule has 0 aliphatic heterocycles. The lowest BCUT2D eigenvalue weighted by atomic mass is 10.0. The fraction of sp³-hybridized carbons (Fsp3) is 0.467. The second-order valence-corrected chi connectivity index (χ2v) is 6.00. The molecule has 5 nitrogen and oxygen atoms in total. The van der Waals surface area contributed by atoms with Gasteiger partial charge >= 0.3 is 0 Å². The van der Waals surface area contributed by atoms with E-state index in [0.29, 0.717) is 10.6 Å². The van der Waals surface area contributed by atoms with Crippen LogP contribution in [0.15, 0.2) is 24.3 Å². The van der Waals surface area contributed by atoms with E-state index >= 15 is 0 Å². The molecule has 1 aromatic rings. The van der Waals surface area contributed by atoms with Gasteiger partial charge in [0.1, 0.15) is 5.54 Å². The van der Waals surface area contributed by atoms with Crippen molar-refractivity contribution in [3.63, 3.8) is 0 Å². The molecular weight excluding hydrogens is 292 g/mol. The van der Waals surface area contributed by atoms with E-state index in [4.69, 9.17) is 11.6 Å². The minimum atomic E-state index is -1.04. The van der Waals surface area contributed by atoms with Crippen LogP contribution in [0.1, 0.15) is 39.4 Å². The molecule has 6 heteroatoms. The van der Waals surface area contributed by atoms with Gasteiger partial charge in [0.15, 0.2) is 0 Å². The van der Waals surface area contributed by atoms with Crippen LogP contribution in [0, 0.1) is 0 Å². The Morgan fingerprint density at radius 2 is 1.76 bits per heavy atom. The smallest absolute Gasteiger partial charge is 0.245 e. The van der Waals surface area contributed by atoms with Crippen molar-refractivity contribution in [1.82, 2.24) is 10.6 Å². The Labute approximate surface area is 129 Å². The first-order valence-corrected chi connectivity index (χ1v) is 7.04. The van der Waals surface area contributed by atoms with Gasteiger partial charge in [0.25, 0.3) is 0 Å².